The van der Waals surface area contributed by atoms with Gasteiger partial charge in [0, 0.05) is 42.6 Å². The van der Waals surface area contributed by atoms with E-state index in [-0.39, 0.29) is 17.7 Å². The Morgan fingerprint density at radius 3 is 2.83 bits per heavy atom. The number of nitrogens with zero attached hydrogens (tertiary/aromatic N) is 1. The average molecular weight is 363 g/mol. The monoisotopic (exact) mass is 362 g/mol. The molecule has 4 rings (SSSR count). The molecular formula is C17H15ClN2O3S. The average Bonchev–Trinajstić information content (AvgIpc) is 3.15. The Bertz CT molecular complexity index is 835. The van der Waals surface area contributed by atoms with E-state index in [1.165, 1.54) is 16.2 Å². The van der Waals surface area contributed by atoms with Crippen molar-refractivity contribution in [1.29, 1.82) is 0 Å². The van der Waals surface area contributed by atoms with Gasteiger partial charge in [-0.25, -0.2) is 4.79 Å². The highest BCUT2D eigenvalue weighted by Gasteiger charge is 2.39. The second-order valence-electron chi connectivity index (χ2n) is 6.17. The molecule has 1 fully saturated rings. The van der Waals surface area contributed by atoms with Gasteiger partial charge in [0.25, 0.3) is 5.91 Å². The van der Waals surface area contributed by atoms with Gasteiger partial charge in [-0.15, -0.1) is 11.3 Å². The zero-order valence-corrected chi connectivity index (χ0v) is 14.2. The lowest BCUT2D eigenvalue weighted by Crippen LogP contribution is -2.31. The van der Waals surface area contributed by atoms with Crippen LogP contribution in [0.4, 0.5) is 4.79 Å². The number of carboxylic acid groups (broad SMARTS) is 1. The molecule has 0 bridgehead atoms. The fraction of sp³-hybridized carbons (Fsp3) is 0.294. The van der Waals surface area contributed by atoms with Crippen molar-refractivity contribution < 1.29 is 14.7 Å². The lowest BCUT2D eigenvalue weighted by atomic mass is 9.86. The van der Waals surface area contributed by atoms with Crippen LogP contribution in [0, 0.1) is 5.92 Å². The Morgan fingerprint density at radius 2 is 2.12 bits per heavy atom. The lowest BCUT2D eigenvalue weighted by Gasteiger charge is -2.16. The molecule has 0 saturated carbocycles. The molecule has 2 aromatic rings. The van der Waals surface area contributed by atoms with Crippen molar-refractivity contribution >= 4 is 34.9 Å². The predicted molar refractivity (Wildman–Crippen MR) is 92.9 cm³/mol. The number of thiophene rings is 1. The zero-order valence-electron chi connectivity index (χ0n) is 12.7. The maximum absolute atomic E-state index is 12.5. The Morgan fingerprint density at radius 1 is 1.29 bits per heavy atom. The van der Waals surface area contributed by atoms with Crippen LogP contribution in [0.25, 0.3) is 11.1 Å². The van der Waals surface area contributed by atoms with Gasteiger partial charge in [-0.1, -0.05) is 23.7 Å². The highest BCUT2D eigenvalue weighted by atomic mass is 35.5. The van der Waals surface area contributed by atoms with Crippen molar-refractivity contribution in [2.75, 3.05) is 19.6 Å². The molecule has 0 radical (unpaired) electrons. The third-order valence-corrected chi connectivity index (χ3v) is 6.03. The number of fused-ring (bicyclic) bond motifs is 3. The molecule has 7 heteroatoms. The van der Waals surface area contributed by atoms with Gasteiger partial charge in [0.2, 0.25) is 0 Å². The van der Waals surface area contributed by atoms with Gasteiger partial charge >= 0.3 is 6.09 Å². The number of rotatable bonds is 1. The summed E-state index contributed by atoms with van der Waals surface area (Å²) in [6.45, 7) is 1.38. The maximum atomic E-state index is 12.5. The first kappa shape index (κ1) is 15.5. The standard InChI is InChI=1S/C17H15ClN2O3S/c18-15-11(3-4-24-15)9-1-2-12-13(5-9)16(21)19-6-10-7-20(17(22)23)8-14(10)12/h1-5,10,14H,6-8H2,(H,19,21)(H,22,23)/t10-,14-/m0/s1. The third kappa shape index (κ3) is 2.46. The molecule has 5 nitrogen and oxygen atoms in total. The molecule has 2 atom stereocenters. The Hall–Kier alpha value is -2.05. The van der Waals surface area contributed by atoms with Crippen molar-refractivity contribution in [1.82, 2.24) is 10.2 Å². The van der Waals surface area contributed by atoms with Crippen molar-refractivity contribution in [3.05, 3.63) is 45.1 Å². The number of nitrogens with one attached hydrogen (secondary N) is 1. The molecule has 2 aliphatic rings. The van der Waals surface area contributed by atoms with Crippen LogP contribution < -0.4 is 5.32 Å². The smallest absolute Gasteiger partial charge is 0.407 e. The minimum absolute atomic E-state index is 0.0436. The SMILES string of the molecule is O=C1NC[C@H]2CN(C(=O)O)C[C@@H]2c2ccc(-c3ccsc3Cl)cc21. The maximum Gasteiger partial charge on any atom is 0.407 e. The van der Waals surface area contributed by atoms with Gasteiger partial charge in [-0.3, -0.25) is 4.79 Å². The highest BCUT2D eigenvalue weighted by Crippen LogP contribution is 2.39. The highest BCUT2D eigenvalue weighted by molar-refractivity contribution is 7.15. The summed E-state index contributed by atoms with van der Waals surface area (Å²) in [7, 11) is 0. The second-order valence-corrected chi connectivity index (χ2v) is 7.69. The van der Waals surface area contributed by atoms with E-state index in [2.05, 4.69) is 5.32 Å². The first-order chi connectivity index (χ1) is 11.5. The van der Waals surface area contributed by atoms with Crippen LogP contribution in [0.2, 0.25) is 4.34 Å². The van der Waals surface area contributed by atoms with Crippen molar-refractivity contribution in [2.24, 2.45) is 5.92 Å². The van der Waals surface area contributed by atoms with E-state index in [1.807, 2.05) is 29.6 Å². The lowest BCUT2D eigenvalue weighted by molar-refractivity contribution is 0.0951. The van der Waals surface area contributed by atoms with Crippen LogP contribution >= 0.6 is 22.9 Å². The Labute approximate surface area is 147 Å². The van der Waals surface area contributed by atoms with Gasteiger partial charge in [0.05, 0.1) is 0 Å². The zero-order chi connectivity index (χ0) is 16.8. The molecule has 2 aliphatic heterocycles. The number of amides is 2. The van der Waals surface area contributed by atoms with Crippen LogP contribution in [-0.2, 0) is 0 Å². The normalized spacial score (nSPS) is 22.5. The molecule has 3 heterocycles. The second kappa shape index (κ2) is 5.79. The quantitative estimate of drug-likeness (QED) is 0.815. The van der Waals surface area contributed by atoms with E-state index < -0.39 is 6.09 Å². The number of benzene rings is 1. The molecule has 0 spiro atoms. The van der Waals surface area contributed by atoms with Crippen LogP contribution in [0.1, 0.15) is 21.8 Å². The van der Waals surface area contributed by atoms with Crippen molar-refractivity contribution in [3.63, 3.8) is 0 Å². The van der Waals surface area contributed by atoms with Crippen LogP contribution in [-0.4, -0.2) is 41.6 Å². The Balaban J connectivity index is 1.77. The van der Waals surface area contributed by atoms with Crippen LogP contribution in [0.5, 0.6) is 0 Å². The topological polar surface area (TPSA) is 69.6 Å². The first-order valence-corrected chi connectivity index (χ1v) is 8.93. The summed E-state index contributed by atoms with van der Waals surface area (Å²) in [6.07, 6.45) is -0.905. The van der Waals surface area contributed by atoms with Gasteiger partial charge in [0.1, 0.15) is 4.34 Å². The minimum Gasteiger partial charge on any atom is -0.465 e. The fourth-order valence-electron chi connectivity index (χ4n) is 3.65. The van der Waals surface area contributed by atoms with E-state index in [1.54, 1.807) is 0 Å². The summed E-state index contributed by atoms with van der Waals surface area (Å²) in [6, 6.07) is 7.72. The summed E-state index contributed by atoms with van der Waals surface area (Å²) >= 11 is 7.67. The summed E-state index contributed by atoms with van der Waals surface area (Å²) < 4.78 is 0.694. The van der Waals surface area contributed by atoms with Gasteiger partial charge in [-0.2, -0.15) is 0 Å². The van der Waals surface area contributed by atoms with Gasteiger partial charge < -0.3 is 15.3 Å². The van der Waals surface area contributed by atoms with Crippen LogP contribution in [0.3, 0.4) is 0 Å². The minimum atomic E-state index is -0.905. The molecule has 1 aromatic carbocycles. The number of carbonyl (C=O) groups excluding carboxylic acids is 1. The molecule has 0 aliphatic carbocycles. The summed E-state index contributed by atoms with van der Waals surface area (Å²) in [5.41, 5.74) is 3.36. The fourth-order valence-corrected chi connectivity index (χ4v) is 4.61. The van der Waals surface area contributed by atoms with Crippen molar-refractivity contribution in [3.8, 4) is 11.1 Å². The molecule has 0 unspecified atom stereocenters. The number of hydrogen-bond acceptors (Lipinski definition) is 3. The molecule has 24 heavy (non-hydrogen) atoms. The van der Waals surface area contributed by atoms with Crippen LogP contribution in [0.15, 0.2) is 29.6 Å². The molecule has 1 saturated heterocycles. The van der Waals surface area contributed by atoms with Crippen molar-refractivity contribution in [2.45, 2.75) is 5.92 Å². The Kier molecular flexibility index (Phi) is 3.73. The van der Waals surface area contributed by atoms with E-state index >= 15 is 0 Å². The van der Waals surface area contributed by atoms with E-state index in [9.17, 15) is 14.7 Å². The van der Waals surface area contributed by atoms with Gasteiger partial charge in [-0.05, 0) is 28.6 Å². The van der Waals surface area contributed by atoms with Gasteiger partial charge in [0.15, 0.2) is 0 Å². The predicted octanol–water partition coefficient (Wildman–Crippen LogP) is 3.51. The molecule has 2 N–H and O–H groups in total. The number of halogens is 1. The summed E-state index contributed by atoms with van der Waals surface area (Å²) in [5.74, 6) is 0.0541. The first-order valence-electron chi connectivity index (χ1n) is 7.68. The molecule has 1 aromatic heterocycles. The largest absolute Gasteiger partial charge is 0.465 e. The molecule has 124 valence electrons. The number of carbonyl (C=O) groups is 2. The summed E-state index contributed by atoms with van der Waals surface area (Å²) in [4.78, 5) is 25.2. The summed E-state index contributed by atoms with van der Waals surface area (Å²) in [5, 5.41) is 14.1. The third-order valence-electron chi connectivity index (χ3n) is 4.86. The molecule has 2 amide bonds. The number of hydrogen-bond donors (Lipinski definition) is 2. The van der Waals surface area contributed by atoms with E-state index in [0.717, 1.165) is 16.7 Å². The van der Waals surface area contributed by atoms with E-state index in [0.29, 0.717) is 29.5 Å². The number of likely N-dealkylation sites (tertiary alicyclic amines) is 1. The van der Waals surface area contributed by atoms with E-state index in [4.69, 9.17) is 11.6 Å². The molecular weight excluding hydrogens is 348 g/mol.